The van der Waals surface area contributed by atoms with Gasteiger partial charge in [-0.3, -0.25) is 0 Å². The molecule has 11 rings (SSSR count). The Labute approximate surface area is 317 Å². The number of rotatable bonds is 5. The Kier molecular flexibility index (Phi) is 7.20. The summed E-state index contributed by atoms with van der Waals surface area (Å²) in [5, 5.41) is 13.4. The molecular formula is C51H33N3O. The Balaban J connectivity index is 0.955. The van der Waals surface area contributed by atoms with Crippen molar-refractivity contribution in [3.63, 3.8) is 0 Å². The summed E-state index contributed by atoms with van der Waals surface area (Å²) < 4.78 is 6.49. The van der Waals surface area contributed by atoms with Gasteiger partial charge in [0.25, 0.3) is 0 Å². The maximum Gasteiger partial charge on any atom is 0.159 e. The highest BCUT2D eigenvalue weighted by molar-refractivity contribution is 6.25. The Morgan fingerprint density at radius 3 is 1.58 bits per heavy atom. The van der Waals surface area contributed by atoms with E-state index in [2.05, 4.69) is 145 Å². The average molecular weight is 704 g/mol. The molecule has 55 heavy (non-hydrogen) atoms. The minimum atomic E-state index is -0.328. The summed E-state index contributed by atoms with van der Waals surface area (Å²) in [6.07, 6.45) is -0.328. The molecule has 258 valence electrons. The number of nitrogens with zero attached hydrogens (tertiary/aromatic N) is 2. The van der Waals surface area contributed by atoms with Gasteiger partial charge in [-0.1, -0.05) is 158 Å². The summed E-state index contributed by atoms with van der Waals surface area (Å²) in [4.78, 5) is 9.99. The van der Waals surface area contributed by atoms with Crippen molar-refractivity contribution in [2.24, 2.45) is 9.98 Å². The molecule has 10 aromatic rings. The van der Waals surface area contributed by atoms with Crippen LogP contribution >= 0.6 is 0 Å². The van der Waals surface area contributed by atoms with Crippen LogP contribution in [0.2, 0.25) is 0 Å². The Hall–Kier alpha value is -7.30. The van der Waals surface area contributed by atoms with E-state index in [-0.39, 0.29) is 6.17 Å². The number of hydrogen-bond donors (Lipinski definition) is 1. The highest BCUT2D eigenvalue weighted by Gasteiger charge is 2.22. The Bertz CT molecular complexity index is 3140. The van der Waals surface area contributed by atoms with Crippen LogP contribution in [-0.4, -0.2) is 11.7 Å². The lowest BCUT2D eigenvalue weighted by atomic mass is 9.91. The summed E-state index contributed by atoms with van der Waals surface area (Å²) in [5.74, 6) is 1.49. The zero-order valence-corrected chi connectivity index (χ0v) is 29.8. The maximum absolute atomic E-state index is 6.49. The lowest BCUT2D eigenvalue weighted by Crippen LogP contribution is -2.33. The average Bonchev–Trinajstić information content (AvgIpc) is 3.64. The first-order chi connectivity index (χ1) is 27.2. The summed E-state index contributed by atoms with van der Waals surface area (Å²) in [7, 11) is 0. The van der Waals surface area contributed by atoms with E-state index in [0.717, 1.165) is 55.6 Å². The lowest BCUT2D eigenvalue weighted by Gasteiger charge is -2.23. The number of nitrogens with one attached hydrogen (secondary N) is 1. The lowest BCUT2D eigenvalue weighted by molar-refractivity contribution is 0.655. The molecule has 1 aromatic heterocycles. The van der Waals surface area contributed by atoms with Crippen LogP contribution in [0.25, 0.3) is 76.5 Å². The van der Waals surface area contributed by atoms with Gasteiger partial charge >= 0.3 is 0 Å². The fourth-order valence-corrected chi connectivity index (χ4v) is 8.19. The molecule has 2 heterocycles. The molecule has 9 aromatic carbocycles. The minimum Gasteiger partial charge on any atom is -0.456 e. The molecule has 0 saturated carbocycles. The van der Waals surface area contributed by atoms with E-state index in [0.29, 0.717) is 5.84 Å². The molecule has 0 bridgehead atoms. The van der Waals surface area contributed by atoms with Gasteiger partial charge in [-0.2, -0.15) is 0 Å². The van der Waals surface area contributed by atoms with Gasteiger partial charge in [0.1, 0.15) is 23.2 Å². The van der Waals surface area contributed by atoms with Crippen molar-refractivity contribution < 1.29 is 4.42 Å². The molecule has 0 aliphatic carbocycles. The molecule has 1 unspecified atom stereocenters. The second-order valence-corrected chi connectivity index (χ2v) is 14.2. The second kappa shape index (κ2) is 12.7. The van der Waals surface area contributed by atoms with Crippen molar-refractivity contribution in [1.82, 2.24) is 5.32 Å². The van der Waals surface area contributed by atoms with Crippen LogP contribution in [-0.2, 0) is 0 Å². The standard InChI is InChI=1S/C51H33N3O/c1-3-12-32(13-4-1)49-52-50(33-14-5-2-6-15-33)54-51(53-49)38-23-26-44-46-30-37(24-27-47(46)55-48(44)31-38)35-17-11-16-34(28-35)36-22-25-43-41-20-8-7-18-39(41)40-19-9-10-21-42(40)45(43)29-36/h1-31,51H,(H,52,53,54). The zero-order valence-electron chi connectivity index (χ0n) is 29.8. The molecule has 0 saturated heterocycles. The van der Waals surface area contributed by atoms with Crippen molar-refractivity contribution >= 4 is 65.9 Å². The van der Waals surface area contributed by atoms with E-state index in [4.69, 9.17) is 14.4 Å². The fraction of sp³-hybridized carbons (Fsp3) is 0.0196. The third kappa shape index (κ3) is 5.38. The third-order valence-corrected chi connectivity index (χ3v) is 10.9. The smallest absolute Gasteiger partial charge is 0.159 e. The number of furan rings is 1. The van der Waals surface area contributed by atoms with Gasteiger partial charge in [0.2, 0.25) is 0 Å². The molecule has 0 fully saturated rings. The van der Waals surface area contributed by atoms with E-state index >= 15 is 0 Å². The van der Waals surface area contributed by atoms with Crippen molar-refractivity contribution in [3.8, 4) is 22.3 Å². The first-order valence-electron chi connectivity index (χ1n) is 18.7. The Morgan fingerprint density at radius 2 is 0.891 bits per heavy atom. The van der Waals surface area contributed by atoms with Gasteiger partial charge in [0, 0.05) is 27.5 Å². The number of amidine groups is 2. The summed E-state index contributed by atoms with van der Waals surface area (Å²) in [5.41, 5.74) is 9.38. The second-order valence-electron chi connectivity index (χ2n) is 14.2. The highest BCUT2D eigenvalue weighted by Crippen LogP contribution is 2.39. The van der Waals surface area contributed by atoms with Crippen LogP contribution in [0, 0.1) is 0 Å². The van der Waals surface area contributed by atoms with Crippen LogP contribution < -0.4 is 5.32 Å². The minimum absolute atomic E-state index is 0.328. The molecule has 0 amide bonds. The molecular weight excluding hydrogens is 671 g/mol. The topological polar surface area (TPSA) is 49.9 Å². The van der Waals surface area contributed by atoms with Crippen LogP contribution in [0.5, 0.6) is 0 Å². The number of fused-ring (bicyclic) bond motifs is 9. The van der Waals surface area contributed by atoms with E-state index in [1.54, 1.807) is 0 Å². The van der Waals surface area contributed by atoms with Gasteiger partial charge < -0.3 is 9.73 Å². The van der Waals surface area contributed by atoms with Gasteiger partial charge in [0.05, 0.1) is 0 Å². The summed E-state index contributed by atoms with van der Waals surface area (Å²) in [6.45, 7) is 0. The molecule has 0 radical (unpaired) electrons. The monoisotopic (exact) mass is 703 g/mol. The normalized spacial score (nSPS) is 14.4. The highest BCUT2D eigenvalue weighted by atomic mass is 16.3. The maximum atomic E-state index is 6.49. The fourth-order valence-electron chi connectivity index (χ4n) is 8.19. The molecule has 1 atom stereocenters. The third-order valence-electron chi connectivity index (χ3n) is 10.9. The van der Waals surface area contributed by atoms with Gasteiger partial charge in [0.15, 0.2) is 5.84 Å². The van der Waals surface area contributed by atoms with Crippen molar-refractivity contribution in [2.45, 2.75) is 6.17 Å². The zero-order chi connectivity index (χ0) is 36.3. The van der Waals surface area contributed by atoms with E-state index in [9.17, 15) is 0 Å². The predicted octanol–water partition coefficient (Wildman–Crippen LogP) is 12.9. The largest absolute Gasteiger partial charge is 0.456 e. The molecule has 1 N–H and O–H groups in total. The SMILES string of the molecule is c1ccc(C2=NC(c3ccc4c(c3)oc3ccc(-c5cccc(-c6ccc7c8ccccc8c8ccccc8c7c6)c5)cc34)NC(c3ccccc3)=N2)cc1. The van der Waals surface area contributed by atoms with E-state index in [1.807, 2.05) is 48.5 Å². The summed E-state index contributed by atoms with van der Waals surface area (Å²) >= 11 is 0. The first-order valence-corrected chi connectivity index (χ1v) is 18.7. The van der Waals surface area contributed by atoms with E-state index in [1.165, 1.54) is 43.4 Å². The number of hydrogen-bond acceptors (Lipinski definition) is 4. The molecule has 1 aliphatic heterocycles. The van der Waals surface area contributed by atoms with Crippen molar-refractivity contribution in [3.05, 3.63) is 205 Å². The van der Waals surface area contributed by atoms with Crippen LogP contribution in [0.3, 0.4) is 0 Å². The predicted molar refractivity (Wildman–Crippen MR) is 229 cm³/mol. The van der Waals surface area contributed by atoms with Crippen LogP contribution in [0.4, 0.5) is 0 Å². The first kappa shape index (κ1) is 31.2. The van der Waals surface area contributed by atoms with Crippen molar-refractivity contribution in [2.75, 3.05) is 0 Å². The molecule has 4 nitrogen and oxygen atoms in total. The van der Waals surface area contributed by atoms with Crippen molar-refractivity contribution in [1.29, 1.82) is 0 Å². The molecule has 0 spiro atoms. The summed E-state index contributed by atoms with van der Waals surface area (Å²) in [6, 6.07) is 66.5. The van der Waals surface area contributed by atoms with E-state index < -0.39 is 0 Å². The quantitative estimate of drug-likeness (QED) is 0.181. The van der Waals surface area contributed by atoms with Gasteiger partial charge in [-0.25, -0.2) is 9.98 Å². The Morgan fingerprint density at radius 1 is 0.364 bits per heavy atom. The number of benzene rings is 9. The van der Waals surface area contributed by atoms with Gasteiger partial charge in [-0.05, 0) is 84.9 Å². The van der Waals surface area contributed by atoms with Crippen LogP contribution in [0.15, 0.2) is 202 Å². The molecule has 1 aliphatic rings. The van der Waals surface area contributed by atoms with Gasteiger partial charge in [-0.15, -0.1) is 0 Å². The van der Waals surface area contributed by atoms with Crippen LogP contribution in [0.1, 0.15) is 22.9 Å². The molecule has 4 heteroatoms. The number of aliphatic imine (C=N–C) groups is 2.